The van der Waals surface area contributed by atoms with Crippen LogP contribution in [0.2, 0.25) is 0 Å². The molecule has 0 saturated heterocycles. The predicted molar refractivity (Wildman–Crippen MR) is 143 cm³/mol. The van der Waals surface area contributed by atoms with Gasteiger partial charge in [-0.2, -0.15) is 5.10 Å². The van der Waals surface area contributed by atoms with Crippen molar-refractivity contribution in [3.05, 3.63) is 94.7 Å². The number of hydrogen-bond donors (Lipinski definition) is 1. The highest BCUT2D eigenvalue weighted by Crippen LogP contribution is 2.25. The van der Waals surface area contributed by atoms with Crippen molar-refractivity contribution >= 4 is 15.9 Å². The van der Waals surface area contributed by atoms with E-state index in [1.165, 1.54) is 12.1 Å². The molecule has 8 nitrogen and oxygen atoms in total. The highest BCUT2D eigenvalue weighted by Gasteiger charge is 2.27. The molecule has 0 spiro atoms. The monoisotopic (exact) mass is 517 g/mol. The van der Waals surface area contributed by atoms with Gasteiger partial charge in [-0.25, -0.2) is 23.1 Å². The number of carbonyl (C=O) groups excluding carboxylic acids is 1. The smallest absolute Gasteiger partial charge is 0.266 e. The quantitative estimate of drug-likeness (QED) is 0.396. The zero-order valence-electron chi connectivity index (χ0n) is 21.9. The number of amides is 1. The summed E-state index contributed by atoms with van der Waals surface area (Å²) in [5, 5.41) is 4.69. The second-order valence-electron chi connectivity index (χ2n) is 10.1. The third-order valence-electron chi connectivity index (χ3n) is 6.18. The molecule has 0 saturated carbocycles. The van der Waals surface area contributed by atoms with Crippen LogP contribution in [0.5, 0.6) is 0 Å². The van der Waals surface area contributed by atoms with E-state index in [9.17, 15) is 13.2 Å². The van der Waals surface area contributed by atoms with Crippen molar-refractivity contribution in [2.75, 3.05) is 0 Å². The van der Waals surface area contributed by atoms with E-state index in [0.29, 0.717) is 29.3 Å². The van der Waals surface area contributed by atoms with Crippen LogP contribution in [-0.2, 0) is 22.0 Å². The van der Waals surface area contributed by atoms with Crippen LogP contribution < -0.4 is 4.72 Å². The van der Waals surface area contributed by atoms with Crippen LogP contribution in [0.15, 0.2) is 65.7 Å². The Balaban J connectivity index is 1.68. The lowest BCUT2D eigenvalue weighted by atomic mass is 9.92. The number of carbonyl (C=O) groups is 1. The number of rotatable bonds is 6. The summed E-state index contributed by atoms with van der Waals surface area (Å²) in [5.74, 6) is -0.164. The van der Waals surface area contributed by atoms with Crippen LogP contribution in [-0.4, -0.2) is 34.1 Å². The molecule has 192 valence electrons. The molecular formula is C28H31N5O3S. The Morgan fingerprint density at radius 2 is 1.65 bits per heavy atom. The summed E-state index contributed by atoms with van der Waals surface area (Å²) in [6.45, 7) is 12.1. The lowest BCUT2D eigenvalue weighted by Crippen LogP contribution is -2.32. The lowest BCUT2D eigenvalue weighted by molar-refractivity contribution is 0.0971. The zero-order chi connectivity index (χ0) is 27.0. The number of nitrogens with zero attached hydrogens (tertiary/aromatic N) is 4. The molecule has 2 heterocycles. The summed E-state index contributed by atoms with van der Waals surface area (Å²) in [7, 11) is -4.16. The van der Waals surface area contributed by atoms with Crippen LogP contribution in [0, 0.1) is 20.8 Å². The van der Waals surface area contributed by atoms with E-state index in [2.05, 4.69) is 14.7 Å². The van der Waals surface area contributed by atoms with Crippen molar-refractivity contribution in [1.29, 1.82) is 0 Å². The minimum atomic E-state index is -4.16. The summed E-state index contributed by atoms with van der Waals surface area (Å²) in [6.07, 6.45) is 1.62. The second kappa shape index (κ2) is 9.89. The Kier molecular flexibility index (Phi) is 7.01. The average molecular weight is 518 g/mol. The molecule has 2 aromatic carbocycles. The molecule has 0 bridgehead atoms. The standard InChI is InChI=1S/C28H31N5O3S/c1-18-9-7-10-19(2)23(18)17-33-25(16-26(31-33)28(4,5)6)27(34)32-37(35,36)22-12-8-11-21(15-22)24-13-14-29-20(3)30-24/h7-16H,17H2,1-6H3,(H,32,34). The van der Waals surface area contributed by atoms with Gasteiger partial charge in [0.15, 0.2) is 0 Å². The predicted octanol–water partition coefficient (Wildman–Crippen LogP) is 4.73. The largest absolute Gasteiger partial charge is 0.283 e. The first-order valence-corrected chi connectivity index (χ1v) is 13.4. The van der Waals surface area contributed by atoms with Gasteiger partial charge in [-0.05, 0) is 61.7 Å². The SMILES string of the molecule is Cc1nccc(-c2cccc(S(=O)(=O)NC(=O)c3cc(C(C)(C)C)nn3Cc3c(C)cccc3C)c2)n1. The van der Waals surface area contributed by atoms with E-state index < -0.39 is 15.9 Å². The molecule has 4 aromatic rings. The molecule has 0 atom stereocenters. The first-order chi connectivity index (χ1) is 17.3. The fourth-order valence-corrected chi connectivity index (χ4v) is 5.01. The Bertz CT molecular complexity index is 1560. The molecule has 0 fully saturated rings. The molecule has 9 heteroatoms. The summed E-state index contributed by atoms with van der Waals surface area (Å²) < 4.78 is 30.3. The zero-order valence-corrected chi connectivity index (χ0v) is 22.7. The Hall–Kier alpha value is -3.85. The van der Waals surface area contributed by atoms with Crippen molar-refractivity contribution in [2.45, 2.75) is 58.4 Å². The summed E-state index contributed by atoms with van der Waals surface area (Å²) in [5.41, 5.74) is 4.93. The molecule has 0 aliphatic rings. The fourth-order valence-electron chi connectivity index (χ4n) is 4.01. The van der Waals surface area contributed by atoms with Crippen molar-refractivity contribution in [3.8, 4) is 11.3 Å². The fraction of sp³-hybridized carbons (Fsp3) is 0.286. The maximum absolute atomic E-state index is 13.4. The van der Waals surface area contributed by atoms with Gasteiger partial charge in [-0.1, -0.05) is 51.1 Å². The van der Waals surface area contributed by atoms with Gasteiger partial charge in [0.25, 0.3) is 15.9 Å². The third kappa shape index (κ3) is 5.77. The van der Waals surface area contributed by atoms with Gasteiger partial charge in [0, 0.05) is 17.2 Å². The number of nitrogens with one attached hydrogen (secondary N) is 1. The topological polar surface area (TPSA) is 107 Å². The molecular weight excluding hydrogens is 486 g/mol. The summed E-state index contributed by atoms with van der Waals surface area (Å²) >= 11 is 0. The van der Waals surface area contributed by atoms with E-state index in [0.717, 1.165) is 16.7 Å². The van der Waals surface area contributed by atoms with E-state index in [4.69, 9.17) is 5.10 Å². The summed E-state index contributed by atoms with van der Waals surface area (Å²) in [4.78, 5) is 21.8. The molecule has 37 heavy (non-hydrogen) atoms. The van der Waals surface area contributed by atoms with Gasteiger partial charge in [0.1, 0.15) is 11.5 Å². The Labute approximate surface area is 217 Å². The van der Waals surface area contributed by atoms with Gasteiger partial charge in [0.2, 0.25) is 0 Å². The number of aryl methyl sites for hydroxylation is 3. The first kappa shape index (κ1) is 26.2. The molecule has 0 unspecified atom stereocenters. The van der Waals surface area contributed by atoms with Crippen molar-refractivity contribution in [3.63, 3.8) is 0 Å². The Morgan fingerprint density at radius 1 is 0.973 bits per heavy atom. The molecule has 0 aliphatic carbocycles. The number of hydrogen-bond acceptors (Lipinski definition) is 6. The first-order valence-electron chi connectivity index (χ1n) is 12.0. The summed E-state index contributed by atoms with van der Waals surface area (Å²) in [6, 6.07) is 15.7. The van der Waals surface area contributed by atoms with Crippen LogP contribution in [0.1, 0.15) is 59.5 Å². The molecule has 1 N–H and O–H groups in total. The maximum Gasteiger partial charge on any atom is 0.283 e. The minimum absolute atomic E-state index is 0.0357. The van der Waals surface area contributed by atoms with Crippen molar-refractivity contribution < 1.29 is 13.2 Å². The van der Waals surface area contributed by atoms with Crippen LogP contribution in [0.25, 0.3) is 11.3 Å². The van der Waals surface area contributed by atoms with Crippen LogP contribution >= 0.6 is 0 Å². The second-order valence-corrected chi connectivity index (χ2v) is 11.8. The normalized spacial score (nSPS) is 11.9. The molecule has 0 radical (unpaired) electrons. The van der Waals surface area contributed by atoms with E-state index in [1.54, 1.807) is 42.1 Å². The number of aromatic nitrogens is 4. The highest BCUT2D eigenvalue weighted by molar-refractivity contribution is 7.90. The van der Waals surface area contributed by atoms with E-state index >= 15 is 0 Å². The molecule has 2 aromatic heterocycles. The van der Waals surface area contributed by atoms with Gasteiger partial charge in [0.05, 0.1) is 22.8 Å². The van der Waals surface area contributed by atoms with Crippen molar-refractivity contribution in [2.24, 2.45) is 0 Å². The minimum Gasteiger partial charge on any atom is -0.266 e. The maximum atomic E-state index is 13.4. The van der Waals surface area contributed by atoms with Gasteiger partial charge in [-0.15, -0.1) is 0 Å². The third-order valence-corrected chi connectivity index (χ3v) is 7.51. The molecule has 0 aliphatic heterocycles. The number of sulfonamides is 1. The average Bonchev–Trinajstić information content (AvgIpc) is 3.26. The Morgan fingerprint density at radius 3 is 2.30 bits per heavy atom. The van der Waals surface area contributed by atoms with Gasteiger partial charge in [-0.3, -0.25) is 9.48 Å². The van der Waals surface area contributed by atoms with Crippen LogP contribution in [0.4, 0.5) is 0 Å². The molecule has 4 rings (SSSR count). The molecule has 1 amide bonds. The lowest BCUT2D eigenvalue weighted by Gasteiger charge is -2.15. The van der Waals surface area contributed by atoms with Gasteiger partial charge < -0.3 is 0 Å². The van der Waals surface area contributed by atoms with Crippen molar-refractivity contribution in [1.82, 2.24) is 24.5 Å². The number of benzene rings is 2. The highest BCUT2D eigenvalue weighted by atomic mass is 32.2. The van der Waals surface area contributed by atoms with E-state index in [-0.39, 0.29) is 16.0 Å². The van der Waals surface area contributed by atoms with E-state index in [1.807, 2.05) is 52.8 Å². The van der Waals surface area contributed by atoms with Gasteiger partial charge >= 0.3 is 0 Å². The van der Waals surface area contributed by atoms with Crippen LogP contribution in [0.3, 0.4) is 0 Å².